The summed E-state index contributed by atoms with van der Waals surface area (Å²) < 4.78 is 34.2. The Kier molecular flexibility index (Phi) is 8.42. The van der Waals surface area contributed by atoms with Crippen LogP contribution >= 0.6 is 11.6 Å². The maximum atomic E-state index is 12.9. The molecule has 0 fully saturated rings. The van der Waals surface area contributed by atoms with Gasteiger partial charge in [0.25, 0.3) is 5.91 Å². The predicted octanol–water partition coefficient (Wildman–Crippen LogP) is 5.84. The SMILES string of the molecule is Cc1cc(/C=N\NC(=O)[C@H](C)N(c2ccc(Oc3ccccc3)cc2)S(C)(=O)=O)c(C)n1-c1cccc(Cl)c1. The number of nitrogens with zero attached hydrogens (tertiary/aromatic N) is 3. The third-order valence-corrected chi connectivity index (χ3v) is 7.55. The Morgan fingerprint density at radius 3 is 2.31 bits per heavy atom. The highest BCUT2D eigenvalue weighted by molar-refractivity contribution is 7.92. The van der Waals surface area contributed by atoms with Crippen LogP contribution in [0.5, 0.6) is 11.5 Å². The number of rotatable bonds is 9. The highest BCUT2D eigenvalue weighted by Gasteiger charge is 2.29. The molecule has 8 nitrogen and oxygen atoms in total. The summed E-state index contributed by atoms with van der Waals surface area (Å²) in [6, 6.07) is 24.1. The van der Waals surface area contributed by atoms with Crippen molar-refractivity contribution in [3.8, 4) is 17.2 Å². The normalized spacial score (nSPS) is 12.3. The van der Waals surface area contributed by atoms with E-state index in [2.05, 4.69) is 10.5 Å². The molecular formula is C29H29ClN4O4S. The Labute approximate surface area is 233 Å². The second kappa shape index (κ2) is 11.8. The molecule has 0 saturated heterocycles. The van der Waals surface area contributed by atoms with Gasteiger partial charge in [-0.25, -0.2) is 13.8 Å². The van der Waals surface area contributed by atoms with Crippen molar-refractivity contribution >= 4 is 39.4 Å². The van der Waals surface area contributed by atoms with Crippen molar-refractivity contribution in [1.82, 2.24) is 9.99 Å². The van der Waals surface area contributed by atoms with Gasteiger partial charge in [0, 0.05) is 27.7 Å². The minimum atomic E-state index is -3.79. The molecule has 0 aliphatic heterocycles. The maximum Gasteiger partial charge on any atom is 0.263 e. The fourth-order valence-electron chi connectivity index (χ4n) is 4.28. The Morgan fingerprint density at radius 2 is 1.67 bits per heavy atom. The zero-order valence-electron chi connectivity index (χ0n) is 22.0. The third-order valence-electron chi connectivity index (χ3n) is 6.07. The van der Waals surface area contributed by atoms with Gasteiger partial charge in [-0.15, -0.1) is 0 Å². The van der Waals surface area contributed by atoms with E-state index in [1.807, 2.05) is 79.1 Å². The Bertz CT molecular complexity index is 1600. The number of aromatic nitrogens is 1. The van der Waals surface area contributed by atoms with E-state index in [4.69, 9.17) is 16.3 Å². The maximum absolute atomic E-state index is 12.9. The van der Waals surface area contributed by atoms with Gasteiger partial charge in [0.05, 0.1) is 18.2 Å². The number of aryl methyl sites for hydroxylation is 1. The highest BCUT2D eigenvalue weighted by Crippen LogP contribution is 2.27. The average Bonchev–Trinajstić information content (AvgIpc) is 3.17. The van der Waals surface area contributed by atoms with Crippen LogP contribution in [0.25, 0.3) is 5.69 Å². The van der Waals surface area contributed by atoms with E-state index < -0.39 is 22.0 Å². The summed E-state index contributed by atoms with van der Waals surface area (Å²) in [5.41, 5.74) is 6.40. The lowest BCUT2D eigenvalue weighted by molar-refractivity contribution is -0.121. The second-order valence-electron chi connectivity index (χ2n) is 9.02. The van der Waals surface area contributed by atoms with Crippen LogP contribution in [0.4, 0.5) is 5.69 Å². The number of sulfonamides is 1. The van der Waals surface area contributed by atoms with Gasteiger partial charge in [-0.2, -0.15) is 5.10 Å². The van der Waals surface area contributed by atoms with Crippen LogP contribution in [0.3, 0.4) is 0 Å². The molecule has 0 radical (unpaired) electrons. The number of ether oxygens (including phenoxy) is 1. The molecule has 4 rings (SSSR count). The van der Waals surface area contributed by atoms with E-state index in [1.165, 1.54) is 13.1 Å². The lowest BCUT2D eigenvalue weighted by Crippen LogP contribution is -2.46. The van der Waals surface area contributed by atoms with Crippen molar-refractivity contribution in [2.75, 3.05) is 10.6 Å². The van der Waals surface area contributed by atoms with Gasteiger partial charge in [0.2, 0.25) is 10.0 Å². The molecule has 0 unspecified atom stereocenters. The molecular weight excluding hydrogens is 536 g/mol. The molecule has 0 aliphatic carbocycles. The van der Waals surface area contributed by atoms with Gasteiger partial charge in [-0.1, -0.05) is 35.9 Å². The van der Waals surface area contributed by atoms with Crippen molar-refractivity contribution in [3.63, 3.8) is 0 Å². The highest BCUT2D eigenvalue weighted by atomic mass is 35.5. The van der Waals surface area contributed by atoms with Crippen LogP contribution in [0, 0.1) is 13.8 Å². The van der Waals surface area contributed by atoms with Gasteiger partial charge in [-0.3, -0.25) is 9.10 Å². The van der Waals surface area contributed by atoms with E-state index in [0.29, 0.717) is 22.2 Å². The minimum absolute atomic E-state index is 0.328. The van der Waals surface area contributed by atoms with Crippen molar-refractivity contribution in [1.29, 1.82) is 0 Å². The lowest BCUT2D eigenvalue weighted by Gasteiger charge is -2.27. The number of nitrogens with one attached hydrogen (secondary N) is 1. The zero-order valence-corrected chi connectivity index (χ0v) is 23.6. The molecule has 0 spiro atoms. The molecule has 10 heteroatoms. The fourth-order valence-corrected chi connectivity index (χ4v) is 5.64. The number of halogens is 1. The molecule has 1 atom stereocenters. The fraction of sp³-hybridized carbons (Fsp3) is 0.172. The molecule has 3 aromatic carbocycles. The Morgan fingerprint density at radius 1 is 1.00 bits per heavy atom. The number of para-hydroxylation sites is 1. The lowest BCUT2D eigenvalue weighted by atomic mass is 10.2. The standard InChI is InChI=1S/C29H29ClN4O4S/c1-20-17-23(21(2)33(20)26-10-8-9-24(30)18-26)19-31-32-29(35)22(3)34(39(4,36)37)25-13-15-28(16-14-25)38-27-11-6-5-7-12-27/h5-19,22H,1-4H3,(H,32,35)/b31-19-/t22-/m0/s1. The zero-order chi connectivity index (χ0) is 28.2. The predicted molar refractivity (Wildman–Crippen MR) is 156 cm³/mol. The van der Waals surface area contributed by atoms with Gasteiger partial charge in [-0.05, 0) is 81.4 Å². The van der Waals surface area contributed by atoms with E-state index >= 15 is 0 Å². The molecule has 1 amide bonds. The number of anilines is 1. The average molecular weight is 565 g/mol. The first kappa shape index (κ1) is 27.9. The Hall–Kier alpha value is -4.08. The molecule has 39 heavy (non-hydrogen) atoms. The van der Waals surface area contributed by atoms with Crippen molar-refractivity contribution in [2.24, 2.45) is 5.10 Å². The molecule has 0 saturated carbocycles. The topological polar surface area (TPSA) is 93.0 Å². The van der Waals surface area contributed by atoms with Crippen LogP contribution in [0.1, 0.15) is 23.9 Å². The number of hydrogen-bond donors (Lipinski definition) is 1. The van der Waals surface area contributed by atoms with Crippen molar-refractivity contribution in [2.45, 2.75) is 26.8 Å². The molecule has 1 N–H and O–H groups in total. The Balaban J connectivity index is 1.48. The summed E-state index contributed by atoms with van der Waals surface area (Å²) in [5.74, 6) is 0.615. The molecule has 202 valence electrons. The second-order valence-corrected chi connectivity index (χ2v) is 11.3. The monoisotopic (exact) mass is 564 g/mol. The van der Waals surface area contributed by atoms with Gasteiger partial charge < -0.3 is 9.30 Å². The molecule has 0 bridgehead atoms. The number of amides is 1. The number of hydrazone groups is 1. The summed E-state index contributed by atoms with van der Waals surface area (Å²) in [6.45, 7) is 5.41. The third kappa shape index (κ3) is 6.68. The molecule has 1 aromatic heterocycles. The first-order valence-corrected chi connectivity index (χ1v) is 14.4. The number of carbonyl (C=O) groups is 1. The van der Waals surface area contributed by atoms with E-state index in [0.717, 1.165) is 33.2 Å². The van der Waals surface area contributed by atoms with Crippen LogP contribution in [-0.2, 0) is 14.8 Å². The largest absolute Gasteiger partial charge is 0.457 e. The van der Waals surface area contributed by atoms with Crippen LogP contribution < -0.4 is 14.5 Å². The van der Waals surface area contributed by atoms with Gasteiger partial charge in [0.1, 0.15) is 17.5 Å². The smallest absolute Gasteiger partial charge is 0.263 e. The summed E-state index contributed by atoms with van der Waals surface area (Å²) in [6.07, 6.45) is 2.59. The molecule has 4 aromatic rings. The summed E-state index contributed by atoms with van der Waals surface area (Å²) in [4.78, 5) is 12.9. The number of carbonyl (C=O) groups excluding carboxylic acids is 1. The number of benzene rings is 3. The number of hydrogen-bond acceptors (Lipinski definition) is 5. The van der Waals surface area contributed by atoms with Gasteiger partial charge >= 0.3 is 0 Å². The summed E-state index contributed by atoms with van der Waals surface area (Å²) in [5, 5.41) is 4.73. The van der Waals surface area contributed by atoms with E-state index in [9.17, 15) is 13.2 Å². The first-order valence-electron chi connectivity index (χ1n) is 12.1. The van der Waals surface area contributed by atoms with Gasteiger partial charge in [0.15, 0.2) is 0 Å². The summed E-state index contributed by atoms with van der Waals surface area (Å²) in [7, 11) is -3.79. The molecule has 0 aliphatic rings. The van der Waals surface area contributed by atoms with Crippen LogP contribution in [0.15, 0.2) is 90.0 Å². The van der Waals surface area contributed by atoms with Crippen LogP contribution in [0.2, 0.25) is 5.02 Å². The molecule has 1 heterocycles. The van der Waals surface area contributed by atoms with Crippen molar-refractivity contribution < 1.29 is 17.9 Å². The van der Waals surface area contributed by atoms with Crippen molar-refractivity contribution in [3.05, 3.63) is 107 Å². The van der Waals surface area contributed by atoms with E-state index in [-0.39, 0.29) is 0 Å². The van der Waals surface area contributed by atoms with Crippen LogP contribution in [-0.4, -0.2) is 37.4 Å². The first-order chi connectivity index (χ1) is 18.5. The van der Waals surface area contributed by atoms with E-state index in [1.54, 1.807) is 24.3 Å². The quantitative estimate of drug-likeness (QED) is 0.204. The summed E-state index contributed by atoms with van der Waals surface area (Å²) >= 11 is 6.16. The minimum Gasteiger partial charge on any atom is -0.457 e.